The van der Waals surface area contributed by atoms with Gasteiger partial charge < -0.3 is 15.0 Å². The number of carbonyl (C=O) groups excluding carboxylic acids is 1. The van der Waals surface area contributed by atoms with Crippen LogP contribution < -0.4 is 5.32 Å². The lowest BCUT2D eigenvalue weighted by molar-refractivity contribution is -0.121. The second-order valence-electron chi connectivity index (χ2n) is 4.33. The second kappa shape index (κ2) is 5.64. The van der Waals surface area contributed by atoms with Crippen molar-refractivity contribution in [1.82, 2.24) is 14.9 Å². The average molecular weight is 247 g/mol. The molecule has 5 nitrogen and oxygen atoms in total. The first kappa shape index (κ1) is 12.6. The van der Waals surface area contributed by atoms with E-state index in [-0.39, 0.29) is 5.91 Å². The number of imidazole rings is 1. The zero-order valence-electron chi connectivity index (χ0n) is 10.3. The van der Waals surface area contributed by atoms with Gasteiger partial charge in [0.1, 0.15) is 0 Å². The molecule has 1 aromatic carbocycles. The summed E-state index contributed by atoms with van der Waals surface area (Å²) in [6.07, 6.45) is 1.61. The SMILES string of the molecule is CC(O)CNC(=O)CCn1cnc2ccccc21. The fourth-order valence-electron chi connectivity index (χ4n) is 1.76. The van der Waals surface area contributed by atoms with Crippen molar-refractivity contribution >= 4 is 16.9 Å². The molecule has 0 aliphatic rings. The first-order chi connectivity index (χ1) is 8.66. The highest BCUT2D eigenvalue weighted by Crippen LogP contribution is 2.11. The smallest absolute Gasteiger partial charge is 0.221 e. The summed E-state index contributed by atoms with van der Waals surface area (Å²) in [6, 6.07) is 7.82. The molecule has 2 N–H and O–H groups in total. The quantitative estimate of drug-likeness (QED) is 0.825. The summed E-state index contributed by atoms with van der Waals surface area (Å²) < 4.78 is 1.96. The molecule has 5 heteroatoms. The highest BCUT2D eigenvalue weighted by Gasteiger charge is 2.05. The Kier molecular flexibility index (Phi) is 3.94. The minimum Gasteiger partial charge on any atom is -0.392 e. The molecule has 0 aliphatic heterocycles. The Hall–Kier alpha value is -1.88. The number of carbonyl (C=O) groups is 1. The number of aryl methyl sites for hydroxylation is 1. The molecule has 0 radical (unpaired) electrons. The predicted molar refractivity (Wildman–Crippen MR) is 69.0 cm³/mol. The zero-order valence-corrected chi connectivity index (χ0v) is 10.3. The average Bonchev–Trinajstić information content (AvgIpc) is 2.77. The molecular formula is C13H17N3O2. The highest BCUT2D eigenvalue weighted by atomic mass is 16.3. The molecule has 96 valence electrons. The number of aliphatic hydroxyl groups excluding tert-OH is 1. The van der Waals surface area contributed by atoms with Crippen LogP contribution in [0.5, 0.6) is 0 Å². The van der Waals surface area contributed by atoms with Crippen LogP contribution >= 0.6 is 0 Å². The third-order valence-electron chi connectivity index (χ3n) is 2.70. The minimum atomic E-state index is -0.511. The molecule has 1 aromatic heterocycles. The lowest BCUT2D eigenvalue weighted by Crippen LogP contribution is -2.31. The largest absolute Gasteiger partial charge is 0.392 e. The molecule has 0 saturated heterocycles. The van der Waals surface area contributed by atoms with E-state index in [4.69, 9.17) is 5.11 Å². The van der Waals surface area contributed by atoms with Gasteiger partial charge in [-0.1, -0.05) is 12.1 Å². The first-order valence-electron chi connectivity index (χ1n) is 6.01. The summed E-state index contributed by atoms with van der Waals surface area (Å²) in [5.41, 5.74) is 1.96. The van der Waals surface area contributed by atoms with E-state index in [1.165, 1.54) is 0 Å². The number of nitrogens with one attached hydrogen (secondary N) is 1. The van der Waals surface area contributed by atoms with E-state index in [1.807, 2.05) is 28.8 Å². The van der Waals surface area contributed by atoms with Crippen molar-refractivity contribution in [2.75, 3.05) is 6.54 Å². The molecule has 0 bridgehead atoms. The molecule has 0 aliphatic carbocycles. The number of para-hydroxylation sites is 2. The van der Waals surface area contributed by atoms with E-state index in [9.17, 15) is 4.79 Å². The number of rotatable bonds is 5. The fourth-order valence-corrected chi connectivity index (χ4v) is 1.76. The fraction of sp³-hybridized carbons (Fsp3) is 0.385. The normalized spacial score (nSPS) is 12.6. The van der Waals surface area contributed by atoms with E-state index in [1.54, 1.807) is 13.3 Å². The molecule has 1 unspecified atom stereocenters. The van der Waals surface area contributed by atoms with Crippen LogP contribution in [0.25, 0.3) is 11.0 Å². The number of hydrogen-bond acceptors (Lipinski definition) is 3. The van der Waals surface area contributed by atoms with Gasteiger partial charge in [-0.15, -0.1) is 0 Å². The topological polar surface area (TPSA) is 67.2 Å². The molecule has 1 atom stereocenters. The van der Waals surface area contributed by atoms with Crippen LogP contribution in [0, 0.1) is 0 Å². The number of nitrogens with zero attached hydrogens (tertiary/aromatic N) is 2. The van der Waals surface area contributed by atoms with Gasteiger partial charge in [0.05, 0.1) is 23.5 Å². The van der Waals surface area contributed by atoms with Crippen molar-refractivity contribution in [3.05, 3.63) is 30.6 Å². The predicted octanol–water partition coefficient (Wildman–Crippen LogP) is 0.923. The van der Waals surface area contributed by atoms with Gasteiger partial charge in [-0.2, -0.15) is 0 Å². The Morgan fingerprint density at radius 3 is 3.06 bits per heavy atom. The summed E-state index contributed by atoms with van der Waals surface area (Å²) >= 11 is 0. The maximum Gasteiger partial charge on any atom is 0.221 e. The molecule has 1 heterocycles. The third-order valence-corrected chi connectivity index (χ3v) is 2.70. The summed E-state index contributed by atoms with van der Waals surface area (Å²) in [6.45, 7) is 2.53. The molecule has 0 spiro atoms. The van der Waals surface area contributed by atoms with Gasteiger partial charge >= 0.3 is 0 Å². The van der Waals surface area contributed by atoms with E-state index < -0.39 is 6.10 Å². The van der Waals surface area contributed by atoms with Crippen molar-refractivity contribution < 1.29 is 9.90 Å². The summed E-state index contributed by atoms with van der Waals surface area (Å²) in [5.74, 6) is -0.0614. The van der Waals surface area contributed by atoms with Crippen LogP contribution in [0.2, 0.25) is 0 Å². The molecular weight excluding hydrogens is 230 g/mol. The number of aliphatic hydroxyl groups is 1. The number of hydrogen-bond donors (Lipinski definition) is 2. The third kappa shape index (κ3) is 3.07. The standard InChI is InChI=1S/C13H17N3O2/c1-10(17)8-14-13(18)6-7-16-9-15-11-4-2-3-5-12(11)16/h2-5,9-10,17H,6-8H2,1H3,(H,14,18). The number of benzene rings is 1. The van der Waals surface area contributed by atoms with Crippen LogP contribution in [0.4, 0.5) is 0 Å². The van der Waals surface area contributed by atoms with Gasteiger partial charge in [-0.3, -0.25) is 4.79 Å². The van der Waals surface area contributed by atoms with Crippen molar-refractivity contribution in [1.29, 1.82) is 0 Å². The van der Waals surface area contributed by atoms with Crippen molar-refractivity contribution in [2.45, 2.75) is 26.0 Å². The summed E-state index contributed by atoms with van der Waals surface area (Å²) in [4.78, 5) is 15.8. The van der Waals surface area contributed by atoms with Gasteiger partial charge in [0.25, 0.3) is 0 Å². The van der Waals surface area contributed by atoms with Gasteiger partial charge in [0.15, 0.2) is 0 Å². The second-order valence-corrected chi connectivity index (χ2v) is 4.33. The minimum absolute atomic E-state index is 0.0614. The van der Waals surface area contributed by atoms with E-state index in [0.29, 0.717) is 19.5 Å². The molecule has 1 amide bonds. The maximum absolute atomic E-state index is 11.5. The molecule has 2 aromatic rings. The van der Waals surface area contributed by atoms with Gasteiger partial charge in [0.2, 0.25) is 5.91 Å². The Morgan fingerprint density at radius 1 is 1.50 bits per heavy atom. The maximum atomic E-state index is 11.5. The van der Waals surface area contributed by atoms with Gasteiger partial charge in [-0.25, -0.2) is 4.98 Å². The Labute approximate surface area is 105 Å². The molecule has 0 fully saturated rings. The first-order valence-corrected chi connectivity index (χ1v) is 6.01. The van der Waals surface area contributed by atoms with Crippen molar-refractivity contribution in [2.24, 2.45) is 0 Å². The van der Waals surface area contributed by atoms with Gasteiger partial charge in [0, 0.05) is 19.5 Å². The molecule has 18 heavy (non-hydrogen) atoms. The monoisotopic (exact) mass is 247 g/mol. The van der Waals surface area contributed by atoms with Crippen LogP contribution in [0.15, 0.2) is 30.6 Å². The van der Waals surface area contributed by atoms with Crippen LogP contribution in [-0.4, -0.2) is 33.2 Å². The Morgan fingerprint density at radius 2 is 2.28 bits per heavy atom. The summed E-state index contributed by atoms with van der Waals surface area (Å²) in [5, 5.41) is 11.7. The summed E-state index contributed by atoms with van der Waals surface area (Å²) in [7, 11) is 0. The van der Waals surface area contributed by atoms with Crippen LogP contribution in [-0.2, 0) is 11.3 Å². The number of aromatic nitrogens is 2. The van der Waals surface area contributed by atoms with Crippen LogP contribution in [0.3, 0.4) is 0 Å². The lowest BCUT2D eigenvalue weighted by atomic mass is 10.3. The van der Waals surface area contributed by atoms with Crippen molar-refractivity contribution in [3.8, 4) is 0 Å². The number of amides is 1. The zero-order chi connectivity index (χ0) is 13.0. The highest BCUT2D eigenvalue weighted by molar-refractivity contribution is 5.77. The lowest BCUT2D eigenvalue weighted by Gasteiger charge is -2.07. The van der Waals surface area contributed by atoms with Gasteiger partial charge in [-0.05, 0) is 19.1 Å². The van der Waals surface area contributed by atoms with E-state index in [2.05, 4.69) is 10.3 Å². The number of fused-ring (bicyclic) bond motifs is 1. The molecule has 0 saturated carbocycles. The molecule has 2 rings (SSSR count). The van der Waals surface area contributed by atoms with E-state index in [0.717, 1.165) is 11.0 Å². The van der Waals surface area contributed by atoms with Crippen LogP contribution in [0.1, 0.15) is 13.3 Å². The van der Waals surface area contributed by atoms with Crippen molar-refractivity contribution in [3.63, 3.8) is 0 Å². The van der Waals surface area contributed by atoms with E-state index >= 15 is 0 Å². The Balaban J connectivity index is 1.92. The Bertz CT molecular complexity index is 534.